The van der Waals surface area contributed by atoms with Gasteiger partial charge >= 0.3 is 6.09 Å². The highest BCUT2D eigenvalue weighted by molar-refractivity contribution is 6.05. The van der Waals surface area contributed by atoms with E-state index in [0.29, 0.717) is 5.69 Å². The Kier molecular flexibility index (Phi) is 8.11. The third kappa shape index (κ3) is 7.22. The average molecular weight is 448 g/mol. The summed E-state index contributed by atoms with van der Waals surface area (Å²) < 4.78 is 32.6. The zero-order chi connectivity index (χ0) is 23.9. The van der Waals surface area contributed by atoms with Crippen molar-refractivity contribution in [1.82, 2.24) is 10.7 Å². The Balaban J connectivity index is 2.11. The number of benzene rings is 2. The second-order valence-electron chi connectivity index (χ2n) is 7.84. The normalized spacial score (nSPS) is 11.8. The number of carbonyl (C=O) groups excluding carboxylic acids is 3. The van der Waals surface area contributed by atoms with Crippen LogP contribution in [0, 0.1) is 11.6 Å². The monoisotopic (exact) mass is 448 g/mol. The van der Waals surface area contributed by atoms with Gasteiger partial charge in [0.2, 0.25) is 5.91 Å². The molecule has 0 radical (unpaired) electrons. The van der Waals surface area contributed by atoms with Crippen LogP contribution < -0.4 is 21.5 Å². The zero-order valence-electron chi connectivity index (χ0n) is 18.2. The van der Waals surface area contributed by atoms with Crippen molar-refractivity contribution < 1.29 is 27.9 Å². The smallest absolute Gasteiger partial charge is 0.408 e. The van der Waals surface area contributed by atoms with Crippen LogP contribution in [0.2, 0.25) is 0 Å². The summed E-state index contributed by atoms with van der Waals surface area (Å²) in [4.78, 5) is 37.2. The number of anilines is 2. The average Bonchev–Trinajstić information content (AvgIpc) is 2.70. The molecule has 0 unspecified atom stereocenters. The lowest BCUT2D eigenvalue weighted by Gasteiger charge is -2.23. The largest absolute Gasteiger partial charge is 0.444 e. The molecule has 0 aromatic heterocycles. The van der Waals surface area contributed by atoms with E-state index in [2.05, 4.69) is 21.5 Å². The molecule has 0 heterocycles. The summed E-state index contributed by atoms with van der Waals surface area (Å²) in [5, 5.41) is 4.92. The van der Waals surface area contributed by atoms with Gasteiger partial charge in [0.1, 0.15) is 28.8 Å². The molecule has 0 saturated heterocycles. The number of halogens is 2. The van der Waals surface area contributed by atoms with Crippen molar-refractivity contribution >= 4 is 29.3 Å². The molecular formula is C22H26F2N4O4. The van der Waals surface area contributed by atoms with Gasteiger partial charge < -0.3 is 15.4 Å². The molecular weight excluding hydrogens is 422 g/mol. The topological polar surface area (TPSA) is 109 Å². The van der Waals surface area contributed by atoms with Crippen molar-refractivity contribution in [3.05, 3.63) is 59.7 Å². The van der Waals surface area contributed by atoms with Gasteiger partial charge in [0.25, 0.3) is 5.91 Å². The number of hydrogen-bond donors (Lipinski definition) is 4. The SMILES string of the molecule is CC[C@H](NC(=O)OC(C)(C)C)C(=O)Nc1cccc(F)c1C(=O)NNc1ccc(F)cc1. The number of ether oxygens (including phenoxy) is 1. The number of nitrogens with one attached hydrogen (secondary N) is 4. The molecule has 4 N–H and O–H groups in total. The van der Waals surface area contributed by atoms with Crippen LogP contribution in [0.4, 0.5) is 25.0 Å². The maximum absolute atomic E-state index is 14.4. The second-order valence-corrected chi connectivity index (χ2v) is 7.84. The molecule has 0 aliphatic rings. The molecule has 3 amide bonds. The number of amides is 3. The summed E-state index contributed by atoms with van der Waals surface area (Å²) in [6.45, 7) is 6.73. The number of alkyl carbamates (subject to hydrolysis) is 1. The Morgan fingerprint density at radius 2 is 1.69 bits per heavy atom. The van der Waals surface area contributed by atoms with Crippen molar-refractivity contribution in [2.45, 2.75) is 45.8 Å². The van der Waals surface area contributed by atoms with Gasteiger partial charge in [-0.1, -0.05) is 13.0 Å². The Morgan fingerprint density at radius 1 is 1.03 bits per heavy atom. The third-order valence-electron chi connectivity index (χ3n) is 4.08. The molecule has 32 heavy (non-hydrogen) atoms. The maximum atomic E-state index is 14.4. The zero-order valence-corrected chi connectivity index (χ0v) is 18.2. The minimum Gasteiger partial charge on any atom is -0.444 e. The van der Waals surface area contributed by atoms with Crippen LogP contribution >= 0.6 is 0 Å². The quantitative estimate of drug-likeness (QED) is 0.480. The van der Waals surface area contributed by atoms with E-state index < -0.39 is 46.7 Å². The van der Waals surface area contributed by atoms with E-state index in [-0.39, 0.29) is 12.1 Å². The molecule has 2 aromatic carbocycles. The van der Waals surface area contributed by atoms with Crippen LogP contribution in [0.3, 0.4) is 0 Å². The fourth-order valence-corrected chi connectivity index (χ4v) is 2.61. The van der Waals surface area contributed by atoms with Gasteiger partial charge in [-0.2, -0.15) is 0 Å². The molecule has 1 atom stereocenters. The molecule has 10 heteroatoms. The van der Waals surface area contributed by atoms with Crippen molar-refractivity contribution in [1.29, 1.82) is 0 Å². The molecule has 0 aliphatic heterocycles. The summed E-state index contributed by atoms with van der Waals surface area (Å²) in [7, 11) is 0. The molecule has 2 rings (SSSR count). The van der Waals surface area contributed by atoms with Gasteiger partial charge in [-0.3, -0.25) is 20.4 Å². The van der Waals surface area contributed by atoms with Crippen molar-refractivity contribution in [2.24, 2.45) is 0 Å². The lowest BCUT2D eigenvalue weighted by molar-refractivity contribution is -0.118. The molecule has 0 fully saturated rings. The number of hydrogen-bond acceptors (Lipinski definition) is 5. The Labute approximate surface area is 184 Å². The number of rotatable bonds is 7. The molecule has 2 aromatic rings. The van der Waals surface area contributed by atoms with Gasteiger partial charge in [-0.05, 0) is 63.6 Å². The van der Waals surface area contributed by atoms with Crippen molar-refractivity contribution in [3.63, 3.8) is 0 Å². The highest BCUT2D eigenvalue weighted by Crippen LogP contribution is 2.20. The van der Waals surface area contributed by atoms with E-state index in [0.717, 1.165) is 6.07 Å². The Hall–Kier alpha value is -3.69. The first-order valence-corrected chi connectivity index (χ1v) is 9.91. The van der Waals surface area contributed by atoms with Crippen LogP contribution in [-0.4, -0.2) is 29.6 Å². The van der Waals surface area contributed by atoms with Gasteiger partial charge in [-0.25, -0.2) is 13.6 Å². The number of carbonyl (C=O) groups is 3. The first-order chi connectivity index (χ1) is 15.0. The van der Waals surface area contributed by atoms with E-state index in [4.69, 9.17) is 4.74 Å². The molecule has 0 aliphatic carbocycles. The minimum absolute atomic E-state index is 0.0853. The highest BCUT2D eigenvalue weighted by Gasteiger charge is 2.25. The van der Waals surface area contributed by atoms with Gasteiger partial charge in [0.15, 0.2) is 0 Å². The van der Waals surface area contributed by atoms with Crippen LogP contribution in [0.1, 0.15) is 44.5 Å². The first-order valence-electron chi connectivity index (χ1n) is 9.91. The summed E-state index contributed by atoms with van der Waals surface area (Å²) in [5.41, 5.74) is 3.96. The standard InChI is InChI=1S/C22H26F2N4O4/c1-5-16(26-21(31)32-22(2,3)4)19(29)25-17-8-6-7-15(24)18(17)20(30)28-27-14-11-9-13(23)10-12-14/h6-12,16,27H,5H2,1-4H3,(H,25,29)(H,26,31)(H,28,30)/t16-/m0/s1. The summed E-state index contributed by atoms with van der Waals surface area (Å²) in [5.74, 6) is -2.83. The van der Waals surface area contributed by atoms with Gasteiger partial charge in [0, 0.05) is 0 Å². The highest BCUT2D eigenvalue weighted by atomic mass is 19.1. The molecule has 172 valence electrons. The third-order valence-corrected chi connectivity index (χ3v) is 4.08. The predicted molar refractivity (Wildman–Crippen MR) is 116 cm³/mol. The Bertz CT molecular complexity index is 975. The molecule has 0 spiro atoms. The number of hydrazine groups is 1. The Morgan fingerprint density at radius 3 is 2.28 bits per heavy atom. The van der Waals surface area contributed by atoms with Crippen molar-refractivity contribution in [3.8, 4) is 0 Å². The van der Waals surface area contributed by atoms with Crippen LogP contribution in [-0.2, 0) is 9.53 Å². The molecule has 8 nitrogen and oxygen atoms in total. The fraction of sp³-hybridized carbons (Fsp3) is 0.318. The van der Waals surface area contributed by atoms with E-state index in [9.17, 15) is 23.2 Å². The second kappa shape index (κ2) is 10.6. The fourth-order valence-electron chi connectivity index (χ4n) is 2.61. The van der Waals surface area contributed by atoms with Crippen LogP contribution in [0.5, 0.6) is 0 Å². The minimum atomic E-state index is -0.971. The lowest BCUT2D eigenvalue weighted by atomic mass is 10.1. The predicted octanol–water partition coefficient (Wildman–Crippen LogP) is 3.96. The molecule has 0 saturated carbocycles. The van der Waals surface area contributed by atoms with E-state index in [1.165, 1.54) is 36.4 Å². The lowest BCUT2D eigenvalue weighted by Crippen LogP contribution is -2.45. The van der Waals surface area contributed by atoms with E-state index in [1.807, 2.05) is 0 Å². The van der Waals surface area contributed by atoms with E-state index in [1.54, 1.807) is 27.7 Å². The van der Waals surface area contributed by atoms with Crippen LogP contribution in [0.15, 0.2) is 42.5 Å². The summed E-state index contributed by atoms with van der Waals surface area (Å²) in [6, 6.07) is 7.92. The summed E-state index contributed by atoms with van der Waals surface area (Å²) >= 11 is 0. The molecule has 0 bridgehead atoms. The van der Waals surface area contributed by atoms with Crippen LogP contribution in [0.25, 0.3) is 0 Å². The maximum Gasteiger partial charge on any atom is 0.408 e. The summed E-state index contributed by atoms with van der Waals surface area (Å²) in [6.07, 6.45) is -0.547. The van der Waals surface area contributed by atoms with E-state index >= 15 is 0 Å². The van der Waals surface area contributed by atoms with Crippen molar-refractivity contribution in [2.75, 3.05) is 10.7 Å². The van der Waals surface area contributed by atoms with Gasteiger partial charge in [-0.15, -0.1) is 0 Å². The van der Waals surface area contributed by atoms with Gasteiger partial charge in [0.05, 0.1) is 11.4 Å². The first kappa shape index (κ1) is 24.6.